The van der Waals surface area contributed by atoms with E-state index in [1.807, 2.05) is 54.8 Å². The van der Waals surface area contributed by atoms with Gasteiger partial charge in [0, 0.05) is 27.8 Å². The Bertz CT molecular complexity index is 1090. The summed E-state index contributed by atoms with van der Waals surface area (Å²) in [7, 11) is 0. The molecule has 1 aromatic heterocycles. The van der Waals surface area contributed by atoms with Crippen LogP contribution in [0.4, 0.5) is 10.1 Å². The van der Waals surface area contributed by atoms with Gasteiger partial charge in [0.25, 0.3) is 5.91 Å². The quantitative estimate of drug-likeness (QED) is 0.474. The Balaban J connectivity index is 1.91. The van der Waals surface area contributed by atoms with E-state index in [0.717, 1.165) is 22.6 Å². The van der Waals surface area contributed by atoms with Crippen LogP contribution in [-0.4, -0.2) is 10.5 Å². The molecule has 0 bridgehead atoms. The average molecular weight is 394 g/mol. The number of carbonyl (C=O) groups excluding carboxylic acids is 1. The molecule has 0 radical (unpaired) electrons. The molecule has 0 unspecified atom stereocenters. The van der Waals surface area contributed by atoms with Crippen LogP contribution in [0, 0.1) is 31.0 Å². The molecule has 0 aliphatic carbocycles. The predicted molar refractivity (Wildman–Crippen MR) is 109 cm³/mol. The first-order valence-electron chi connectivity index (χ1n) is 8.52. The van der Waals surface area contributed by atoms with Crippen molar-refractivity contribution in [1.82, 2.24) is 4.57 Å². The van der Waals surface area contributed by atoms with Crippen LogP contribution in [0.25, 0.3) is 11.8 Å². The molecule has 0 aliphatic rings. The van der Waals surface area contributed by atoms with Crippen molar-refractivity contribution in [1.29, 1.82) is 5.26 Å². The maximum absolute atomic E-state index is 13.0. The van der Waals surface area contributed by atoms with Crippen LogP contribution in [0.3, 0.4) is 0 Å². The molecule has 140 valence electrons. The molecule has 3 rings (SSSR count). The van der Waals surface area contributed by atoms with Crippen molar-refractivity contribution in [2.75, 3.05) is 5.32 Å². The van der Waals surface area contributed by atoms with Gasteiger partial charge in [-0.2, -0.15) is 5.26 Å². The van der Waals surface area contributed by atoms with Gasteiger partial charge >= 0.3 is 0 Å². The number of nitriles is 1. The van der Waals surface area contributed by atoms with Crippen LogP contribution in [-0.2, 0) is 4.79 Å². The SMILES string of the molecule is Cc1cc(/C=C(\C#N)C(=O)Nc2ccc(F)cc2)c(C)n1-c1ccc(Cl)cc1. The van der Waals surface area contributed by atoms with Crippen LogP contribution in [0.1, 0.15) is 17.0 Å². The van der Waals surface area contributed by atoms with E-state index in [0.29, 0.717) is 10.7 Å². The monoisotopic (exact) mass is 393 g/mol. The molecule has 1 heterocycles. The number of nitrogens with zero attached hydrogens (tertiary/aromatic N) is 2. The minimum atomic E-state index is -0.551. The summed E-state index contributed by atoms with van der Waals surface area (Å²) < 4.78 is 15.0. The van der Waals surface area contributed by atoms with Crippen molar-refractivity contribution in [2.45, 2.75) is 13.8 Å². The fraction of sp³-hybridized carbons (Fsp3) is 0.0909. The third kappa shape index (κ3) is 4.13. The molecule has 0 saturated heterocycles. The van der Waals surface area contributed by atoms with Crippen LogP contribution < -0.4 is 5.32 Å². The Morgan fingerprint density at radius 3 is 2.39 bits per heavy atom. The lowest BCUT2D eigenvalue weighted by molar-refractivity contribution is -0.112. The number of halogens is 2. The molecular formula is C22H17ClFN3O. The number of hydrogen-bond donors (Lipinski definition) is 1. The van der Waals surface area contributed by atoms with Gasteiger partial charge in [-0.1, -0.05) is 11.6 Å². The van der Waals surface area contributed by atoms with Gasteiger partial charge in [0.15, 0.2) is 0 Å². The van der Waals surface area contributed by atoms with Gasteiger partial charge in [0.1, 0.15) is 17.5 Å². The first-order valence-corrected chi connectivity index (χ1v) is 8.90. The predicted octanol–water partition coefficient (Wildman–Crippen LogP) is 5.43. The van der Waals surface area contributed by atoms with Gasteiger partial charge in [0.05, 0.1) is 0 Å². The smallest absolute Gasteiger partial charge is 0.266 e. The highest BCUT2D eigenvalue weighted by Crippen LogP contribution is 2.24. The number of benzene rings is 2. The zero-order valence-electron chi connectivity index (χ0n) is 15.3. The lowest BCUT2D eigenvalue weighted by atomic mass is 10.1. The van der Waals surface area contributed by atoms with E-state index in [4.69, 9.17) is 11.6 Å². The highest BCUT2D eigenvalue weighted by molar-refractivity contribution is 6.30. The maximum atomic E-state index is 13.0. The highest BCUT2D eigenvalue weighted by atomic mass is 35.5. The van der Waals surface area contributed by atoms with Crippen molar-refractivity contribution < 1.29 is 9.18 Å². The number of rotatable bonds is 4. The molecule has 0 aliphatic heterocycles. The van der Waals surface area contributed by atoms with Crippen molar-refractivity contribution in [3.63, 3.8) is 0 Å². The summed E-state index contributed by atoms with van der Waals surface area (Å²) in [6.07, 6.45) is 1.55. The zero-order valence-corrected chi connectivity index (χ0v) is 16.1. The summed E-state index contributed by atoms with van der Waals surface area (Å²) >= 11 is 5.96. The maximum Gasteiger partial charge on any atom is 0.266 e. The third-order valence-electron chi connectivity index (χ3n) is 4.32. The Morgan fingerprint density at radius 2 is 1.79 bits per heavy atom. The molecule has 4 nitrogen and oxygen atoms in total. The summed E-state index contributed by atoms with van der Waals surface area (Å²) in [5.74, 6) is -0.950. The van der Waals surface area contributed by atoms with Crippen molar-refractivity contribution in [3.05, 3.63) is 88.0 Å². The molecule has 0 atom stereocenters. The Kier molecular flexibility index (Phi) is 5.62. The first kappa shape index (κ1) is 19.4. The molecule has 1 amide bonds. The standard InChI is InChI=1S/C22H17ClFN3O/c1-14-11-16(15(2)27(14)21-9-3-18(23)4-10-21)12-17(13-25)22(28)26-20-7-5-19(24)6-8-20/h3-12H,1-2H3,(H,26,28)/b17-12+. The normalized spacial score (nSPS) is 11.2. The zero-order chi connectivity index (χ0) is 20.3. The fourth-order valence-electron chi connectivity index (χ4n) is 2.96. The summed E-state index contributed by atoms with van der Waals surface area (Å²) in [6.45, 7) is 3.86. The lowest BCUT2D eigenvalue weighted by Gasteiger charge is -2.09. The molecule has 2 aromatic carbocycles. The van der Waals surface area contributed by atoms with Gasteiger partial charge in [-0.25, -0.2) is 4.39 Å². The molecule has 0 fully saturated rings. The number of anilines is 1. The van der Waals surface area contributed by atoms with Crippen LogP contribution in [0.15, 0.2) is 60.2 Å². The molecule has 1 N–H and O–H groups in total. The van der Waals surface area contributed by atoms with Crippen molar-refractivity contribution >= 4 is 29.3 Å². The van der Waals surface area contributed by atoms with E-state index in [2.05, 4.69) is 5.32 Å². The fourth-order valence-corrected chi connectivity index (χ4v) is 3.08. The van der Waals surface area contributed by atoms with Gasteiger partial charge < -0.3 is 9.88 Å². The second-order valence-corrected chi connectivity index (χ2v) is 6.71. The van der Waals surface area contributed by atoms with E-state index >= 15 is 0 Å². The summed E-state index contributed by atoms with van der Waals surface area (Å²) in [5.41, 5.74) is 3.93. The molecule has 6 heteroatoms. The number of hydrogen-bond acceptors (Lipinski definition) is 2. The molecule has 28 heavy (non-hydrogen) atoms. The molecule has 0 saturated carbocycles. The average Bonchev–Trinajstić information content (AvgIpc) is 2.95. The summed E-state index contributed by atoms with van der Waals surface area (Å²) in [6, 6.07) is 16.6. The second-order valence-electron chi connectivity index (χ2n) is 6.27. The lowest BCUT2D eigenvalue weighted by Crippen LogP contribution is -2.13. The number of aromatic nitrogens is 1. The van der Waals surface area contributed by atoms with Gasteiger partial charge in [0.2, 0.25) is 0 Å². The van der Waals surface area contributed by atoms with E-state index in [1.54, 1.807) is 6.08 Å². The van der Waals surface area contributed by atoms with Gasteiger partial charge in [-0.3, -0.25) is 4.79 Å². The first-order chi connectivity index (χ1) is 13.4. The van der Waals surface area contributed by atoms with Gasteiger partial charge in [-0.05, 0) is 80.1 Å². The number of amides is 1. The van der Waals surface area contributed by atoms with Crippen LogP contribution >= 0.6 is 11.6 Å². The van der Waals surface area contributed by atoms with Crippen molar-refractivity contribution in [2.24, 2.45) is 0 Å². The molecular weight excluding hydrogens is 377 g/mol. The molecule has 0 spiro atoms. The summed E-state index contributed by atoms with van der Waals surface area (Å²) in [4.78, 5) is 12.4. The number of aryl methyl sites for hydroxylation is 1. The number of nitrogens with one attached hydrogen (secondary N) is 1. The van der Waals surface area contributed by atoms with E-state index < -0.39 is 11.7 Å². The highest BCUT2D eigenvalue weighted by Gasteiger charge is 2.14. The summed E-state index contributed by atoms with van der Waals surface area (Å²) in [5, 5.41) is 12.7. The van der Waals surface area contributed by atoms with E-state index in [9.17, 15) is 14.4 Å². The minimum Gasteiger partial charge on any atom is -0.321 e. The van der Waals surface area contributed by atoms with E-state index in [1.165, 1.54) is 24.3 Å². The van der Waals surface area contributed by atoms with E-state index in [-0.39, 0.29) is 5.57 Å². The van der Waals surface area contributed by atoms with Crippen molar-refractivity contribution in [3.8, 4) is 11.8 Å². The topological polar surface area (TPSA) is 57.8 Å². The Morgan fingerprint density at radius 1 is 1.14 bits per heavy atom. The minimum absolute atomic E-state index is 0.0410. The largest absolute Gasteiger partial charge is 0.321 e. The Labute approximate surface area is 167 Å². The van der Waals surface area contributed by atoms with Gasteiger partial charge in [-0.15, -0.1) is 0 Å². The third-order valence-corrected chi connectivity index (χ3v) is 4.57. The Hall–Kier alpha value is -3.36. The molecule has 3 aromatic rings. The number of carbonyl (C=O) groups is 1. The van der Waals surface area contributed by atoms with Crippen LogP contribution in [0.2, 0.25) is 5.02 Å². The second kappa shape index (κ2) is 8.12. The van der Waals surface area contributed by atoms with Crippen LogP contribution in [0.5, 0.6) is 0 Å².